The van der Waals surface area contributed by atoms with E-state index in [2.05, 4.69) is 15.0 Å². The average molecular weight is 321 g/mol. The summed E-state index contributed by atoms with van der Waals surface area (Å²) in [6, 6.07) is 0.983. The molecule has 1 atom stereocenters. The summed E-state index contributed by atoms with van der Waals surface area (Å²) in [6.45, 7) is 1.65. The number of carbonyl (C=O) groups excluding carboxylic acids is 1. The Balaban J connectivity index is 2.53. The molecule has 0 N–H and O–H groups in total. The van der Waals surface area contributed by atoms with E-state index in [-0.39, 0.29) is 29.6 Å². The monoisotopic (exact) mass is 320 g/mol. The Morgan fingerprint density at radius 1 is 1.67 bits per heavy atom. The predicted octanol–water partition coefficient (Wildman–Crippen LogP) is 3.44. The second kappa shape index (κ2) is 5.09. The van der Waals surface area contributed by atoms with Crippen molar-refractivity contribution in [3.8, 4) is 5.75 Å². The minimum Gasteiger partial charge on any atom is -0.489 e. The molecule has 1 aliphatic rings. The smallest absolute Gasteiger partial charge is 0.456 e. The SMILES string of the molecule is CC1(CN=[N+]=[N-])COc2c1cc(C(=O)C(F)(F)F)nc2Cl. The molecule has 0 amide bonds. The highest BCUT2D eigenvalue weighted by Gasteiger charge is 2.43. The van der Waals surface area contributed by atoms with Crippen molar-refractivity contribution in [2.24, 2.45) is 5.11 Å². The van der Waals surface area contributed by atoms with E-state index in [1.54, 1.807) is 6.92 Å². The van der Waals surface area contributed by atoms with Crippen molar-refractivity contribution in [3.63, 3.8) is 0 Å². The number of halogens is 4. The number of hydrogen-bond donors (Lipinski definition) is 0. The van der Waals surface area contributed by atoms with Crippen molar-refractivity contribution in [2.75, 3.05) is 13.2 Å². The fraction of sp³-hybridized carbons (Fsp3) is 0.455. The molecule has 0 saturated heterocycles. The number of hydrogen-bond acceptors (Lipinski definition) is 4. The van der Waals surface area contributed by atoms with Crippen molar-refractivity contribution in [1.29, 1.82) is 0 Å². The first kappa shape index (κ1) is 15.4. The molecule has 0 aromatic carbocycles. The van der Waals surface area contributed by atoms with Crippen LogP contribution >= 0.6 is 11.6 Å². The van der Waals surface area contributed by atoms with Crippen LogP contribution in [0.3, 0.4) is 0 Å². The topological polar surface area (TPSA) is 88.0 Å². The first-order valence-corrected chi connectivity index (χ1v) is 6.03. The number of ketones is 1. The molecule has 1 aromatic rings. The number of nitrogens with zero attached hydrogens (tertiary/aromatic N) is 4. The van der Waals surface area contributed by atoms with Gasteiger partial charge in [0.25, 0.3) is 5.78 Å². The summed E-state index contributed by atoms with van der Waals surface area (Å²) in [5, 5.41) is 3.08. The van der Waals surface area contributed by atoms with Crippen molar-refractivity contribution in [2.45, 2.75) is 18.5 Å². The second-order valence-electron chi connectivity index (χ2n) is 4.74. The highest BCUT2D eigenvalue weighted by Crippen LogP contribution is 2.43. The second-order valence-corrected chi connectivity index (χ2v) is 5.10. The Morgan fingerprint density at radius 3 is 2.90 bits per heavy atom. The quantitative estimate of drug-likeness (QED) is 0.281. The first-order chi connectivity index (χ1) is 9.69. The first-order valence-electron chi connectivity index (χ1n) is 5.65. The maximum atomic E-state index is 12.5. The summed E-state index contributed by atoms with van der Waals surface area (Å²) in [5.74, 6) is -1.99. The molecule has 0 spiro atoms. The summed E-state index contributed by atoms with van der Waals surface area (Å²) in [4.78, 5) is 17.3. The van der Waals surface area contributed by atoms with Crippen LogP contribution in [0.25, 0.3) is 10.4 Å². The fourth-order valence-electron chi connectivity index (χ4n) is 1.98. The third-order valence-electron chi connectivity index (χ3n) is 3.09. The lowest BCUT2D eigenvalue weighted by Crippen LogP contribution is -2.28. The van der Waals surface area contributed by atoms with Gasteiger partial charge in [0, 0.05) is 22.4 Å². The van der Waals surface area contributed by atoms with E-state index in [0.29, 0.717) is 0 Å². The number of alkyl halides is 3. The van der Waals surface area contributed by atoms with Gasteiger partial charge in [0.15, 0.2) is 10.9 Å². The molecule has 0 radical (unpaired) electrons. The van der Waals surface area contributed by atoms with E-state index in [1.807, 2.05) is 0 Å². The summed E-state index contributed by atoms with van der Waals surface area (Å²) in [7, 11) is 0. The van der Waals surface area contributed by atoms with E-state index < -0.39 is 23.1 Å². The Bertz CT molecular complexity index is 658. The van der Waals surface area contributed by atoms with E-state index >= 15 is 0 Å². The molecule has 10 heteroatoms. The van der Waals surface area contributed by atoms with Gasteiger partial charge in [-0.15, -0.1) is 0 Å². The molecule has 0 fully saturated rings. The Kier molecular flexibility index (Phi) is 3.73. The number of aromatic nitrogens is 1. The summed E-state index contributed by atoms with van der Waals surface area (Å²) in [5.41, 5.74) is 6.95. The molecule has 0 saturated carbocycles. The largest absolute Gasteiger partial charge is 0.489 e. The average Bonchev–Trinajstić information content (AvgIpc) is 2.73. The molecule has 1 aliphatic heterocycles. The van der Waals surface area contributed by atoms with Crippen LogP contribution in [0.15, 0.2) is 11.2 Å². The van der Waals surface area contributed by atoms with Crippen LogP contribution in [0, 0.1) is 0 Å². The molecule has 1 unspecified atom stereocenters. The highest BCUT2D eigenvalue weighted by atomic mass is 35.5. The number of rotatable bonds is 3. The van der Waals surface area contributed by atoms with Gasteiger partial charge < -0.3 is 4.74 Å². The van der Waals surface area contributed by atoms with Crippen LogP contribution in [0.4, 0.5) is 13.2 Å². The number of fused-ring (bicyclic) bond motifs is 1. The molecule has 112 valence electrons. The third-order valence-corrected chi connectivity index (χ3v) is 3.35. The summed E-state index contributed by atoms with van der Waals surface area (Å²) in [6.07, 6.45) is -5.05. The van der Waals surface area contributed by atoms with Gasteiger partial charge in [0.05, 0.1) is 6.61 Å². The van der Waals surface area contributed by atoms with E-state index in [9.17, 15) is 18.0 Å². The van der Waals surface area contributed by atoms with Crippen LogP contribution in [0.1, 0.15) is 23.0 Å². The number of ether oxygens (including phenoxy) is 1. The zero-order chi connectivity index (χ0) is 15.8. The molecule has 1 aromatic heterocycles. The van der Waals surface area contributed by atoms with Crippen LogP contribution in [0.5, 0.6) is 5.75 Å². The predicted molar refractivity (Wildman–Crippen MR) is 66.5 cm³/mol. The lowest BCUT2D eigenvalue weighted by molar-refractivity contribution is -0.0888. The Hall–Kier alpha value is -1.99. The van der Waals surface area contributed by atoms with Crippen molar-refractivity contribution >= 4 is 17.4 Å². The molecule has 21 heavy (non-hydrogen) atoms. The van der Waals surface area contributed by atoms with Crippen LogP contribution < -0.4 is 4.74 Å². The maximum Gasteiger partial charge on any atom is 0.456 e. The number of Topliss-reactive ketones (excluding diaryl/α,β-unsaturated/α-hetero) is 1. The number of carbonyl (C=O) groups is 1. The van der Waals surface area contributed by atoms with E-state index in [0.717, 1.165) is 6.07 Å². The van der Waals surface area contributed by atoms with Gasteiger partial charge in [-0.05, 0) is 11.6 Å². The van der Waals surface area contributed by atoms with Gasteiger partial charge in [-0.1, -0.05) is 23.6 Å². The minimum absolute atomic E-state index is 0.0451. The van der Waals surface area contributed by atoms with Crippen molar-refractivity contribution in [3.05, 3.63) is 32.9 Å². The van der Waals surface area contributed by atoms with Gasteiger partial charge in [0.1, 0.15) is 5.69 Å². The van der Waals surface area contributed by atoms with Crippen molar-refractivity contribution in [1.82, 2.24) is 4.98 Å². The number of azide groups is 1. The van der Waals surface area contributed by atoms with Gasteiger partial charge in [-0.2, -0.15) is 13.2 Å². The molecule has 2 rings (SSSR count). The molecular formula is C11H8ClF3N4O2. The zero-order valence-electron chi connectivity index (χ0n) is 10.6. The summed E-state index contributed by atoms with van der Waals surface area (Å²) >= 11 is 5.77. The van der Waals surface area contributed by atoms with Gasteiger partial charge in [0.2, 0.25) is 0 Å². The standard InChI is InChI=1S/C11H8ClF3N4O2/c1-10(3-17-19-16)4-21-7-5(10)2-6(18-9(7)12)8(20)11(13,14)15/h2H,3-4H2,1H3. The molecule has 0 aliphatic carbocycles. The molecule has 0 bridgehead atoms. The molecular weight excluding hydrogens is 313 g/mol. The van der Waals surface area contributed by atoms with Gasteiger partial charge in [-0.3, -0.25) is 4.79 Å². The van der Waals surface area contributed by atoms with Crippen LogP contribution in [-0.2, 0) is 5.41 Å². The van der Waals surface area contributed by atoms with E-state index in [1.165, 1.54) is 0 Å². The van der Waals surface area contributed by atoms with Crippen molar-refractivity contribution < 1.29 is 22.7 Å². The Morgan fingerprint density at radius 2 is 2.33 bits per heavy atom. The van der Waals surface area contributed by atoms with Crippen LogP contribution in [-0.4, -0.2) is 30.1 Å². The maximum absolute atomic E-state index is 12.5. The highest BCUT2D eigenvalue weighted by molar-refractivity contribution is 6.31. The number of pyridine rings is 1. The van der Waals surface area contributed by atoms with E-state index in [4.69, 9.17) is 21.9 Å². The van der Waals surface area contributed by atoms with Gasteiger partial charge in [-0.25, -0.2) is 4.98 Å². The molecule has 6 nitrogen and oxygen atoms in total. The fourth-order valence-corrected chi connectivity index (χ4v) is 2.22. The van der Waals surface area contributed by atoms with Gasteiger partial charge >= 0.3 is 6.18 Å². The Labute approximate surface area is 121 Å². The molecule has 2 heterocycles. The lowest BCUT2D eigenvalue weighted by atomic mass is 9.84. The van der Waals surface area contributed by atoms with Crippen LogP contribution in [0.2, 0.25) is 5.15 Å². The normalized spacial score (nSPS) is 20.4. The zero-order valence-corrected chi connectivity index (χ0v) is 11.4. The third kappa shape index (κ3) is 2.74. The lowest BCUT2D eigenvalue weighted by Gasteiger charge is -2.20. The summed E-state index contributed by atoms with van der Waals surface area (Å²) < 4.78 is 42.7. The minimum atomic E-state index is -5.05.